The minimum atomic E-state index is -0.783. The number of thiocarbonyl (C=S) groups is 1. The molecule has 20 heavy (non-hydrogen) atoms. The minimum absolute atomic E-state index is 0.0394. The summed E-state index contributed by atoms with van der Waals surface area (Å²) in [5.74, 6) is -0.0394. The summed E-state index contributed by atoms with van der Waals surface area (Å²) in [6.45, 7) is 2.96. The van der Waals surface area contributed by atoms with Crippen LogP contribution in [0, 0.1) is 5.41 Å². The van der Waals surface area contributed by atoms with Gasteiger partial charge in [-0.3, -0.25) is 4.79 Å². The van der Waals surface area contributed by atoms with Crippen molar-refractivity contribution in [3.63, 3.8) is 0 Å². The summed E-state index contributed by atoms with van der Waals surface area (Å²) in [6.07, 6.45) is 1.08. The third-order valence-electron chi connectivity index (χ3n) is 3.65. The topological polar surface area (TPSA) is 74.0 Å². The number of ether oxygens (including phenoxy) is 3. The Morgan fingerprint density at radius 1 is 1.25 bits per heavy atom. The fourth-order valence-corrected chi connectivity index (χ4v) is 2.60. The lowest BCUT2D eigenvalue weighted by molar-refractivity contribution is -0.143. The van der Waals surface area contributed by atoms with Crippen molar-refractivity contribution in [1.82, 2.24) is 4.90 Å². The maximum atomic E-state index is 12.9. The molecule has 0 aromatic carbocycles. The van der Waals surface area contributed by atoms with Crippen LogP contribution in [0.2, 0.25) is 0 Å². The molecule has 1 aliphatic heterocycles. The average molecular weight is 304 g/mol. The highest BCUT2D eigenvalue weighted by atomic mass is 32.1. The zero-order valence-corrected chi connectivity index (χ0v) is 13.0. The van der Waals surface area contributed by atoms with Gasteiger partial charge < -0.3 is 24.8 Å². The summed E-state index contributed by atoms with van der Waals surface area (Å²) in [6, 6.07) is 0. The van der Waals surface area contributed by atoms with Crippen molar-refractivity contribution in [3.8, 4) is 0 Å². The number of methoxy groups -OCH3 is 2. The standard InChI is InChI=1S/C13H24N2O4S/c1-17-9-5-15(6-10-18-2)12(16)13(11(14)20)3-7-19-8-4-13/h3-10H2,1-2H3,(H2,14,20). The van der Waals surface area contributed by atoms with E-state index in [-0.39, 0.29) is 10.9 Å². The van der Waals surface area contributed by atoms with Crippen molar-refractivity contribution >= 4 is 23.1 Å². The first-order valence-electron chi connectivity index (χ1n) is 6.73. The highest BCUT2D eigenvalue weighted by Crippen LogP contribution is 2.33. The zero-order chi connectivity index (χ0) is 15.0. The Kier molecular flexibility index (Phi) is 7.36. The Balaban J connectivity index is 2.84. The van der Waals surface area contributed by atoms with E-state index in [1.165, 1.54) is 0 Å². The molecule has 1 fully saturated rings. The highest BCUT2D eigenvalue weighted by molar-refractivity contribution is 7.80. The fraction of sp³-hybridized carbons (Fsp3) is 0.846. The van der Waals surface area contributed by atoms with Gasteiger partial charge >= 0.3 is 0 Å². The summed E-state index contributed by atoms with van der Waals surface area (Å²) in [4.78, 5) is 14.8. The van der Waals surface area contributed by atoms with Gasteiger partial charge in [-0.1, -0.05) is 12.2 Å². The molecule has 0 unspecified atom stereocenters. The van der Waals surface area contributed by atoms with E-state index in [0.717, 1.165) is 0 Å². The van der Waals surface area contributed by atoms with Gasteiger partial charge in [0.25, 0.3) is 0 Å². The van der Waals surface area contributed by atoms with Crippen LogP contribution >= 0.6 is 12.2 Å². The van der Waals surface area contributed by atoms with E-state index in [4.69, 9.17) is 32.2 Å². The van der Waals surface area contributed by atoms with E-state index in [9.17, 15) is 4.79 Å². The molecular formula is C13H24N2O4S. The number of hydrogen-bond acceptors (Lipinski definition) is 5. The van der Waals surface area contributed by atoms with Crippen LogP contribution in [0.5, 0.6) is 0 Å². The number of nitrogens with zero attached hydrogens (tertiary/aromatic N) is 1. The van der Waals surface area contributed by atoms with Gasteiger partial charge in [0.05, 0.1) is 18.2 Å². The quantitative estimate of drug-likeness (QED) is 0.645. The summed E-state index contributed by atoms with van der Waals surface area (Å²) < 4.78 is 15.5. The second kappa shape index (κ2) is 8.51. The molecule has 1 saturated heterocycles. The Morgan fingerprint density at radius 2 is 1.75 bits per heavy atom. The molecule has 0 aromatic heterocycles. The summed E-state index contributed by atoms with van der Waals surface area (Å²) in [5.41, 5.74) is 5.08. The Hall–Kier alpha value is -0.760. The summed E-state index contributed by atoms with van der Waals surface area (Å²) in [5, 5.41) is 0. The van der Waals surface area contributed by atoms with Crippen LogP contribution in [0.4, 0.5) is 0 Å². The van der Waals surface area contributed by atoms with Gasteiger partial charge in [-0.25, -0.2) is 0 Å². The molecule has 116 valence electrons. The van der Waals surface area contributed by atoms with Crippen molar-refractivity contribution < 1.29 is 19.0 Å². The van der Waals surface area contributed by atoms with Crippen molar-refractivity contribution in [1.29, 1.82) is 0 Å². The first-order valence-corrected chi connectivity index (χ1v) is 7.14. The number of hydrogen-bond donors (Lipinski definition) is 1. The fourth-order valence-electron chi connectivity index (χ4n) is 2.31. The van der Waals surface area contributed by atoms with Gasteiger partial charge in [-0.2, -0.15) is 0 Å². The van der Waals surface area contributed by atoms with Gasteiger partial charge in [0.1, 0.15) is 5.41 Å². The molecule has 6 nitrogen and oxygen atoms in total. The van der Waals surface area contributed by atoms with Crippen LogP contribution in [0.1, 0.15) is 12.8 Å². The van der Waals surface area contributed by atoms with Crippen LogP contribution in [0.25, 0.3) is 0 Å². The number of carbonyl (C=O) groups excluding carboxylic acids is 1. The van der Waals surface area contributed by atoms with Gasteiger partial charge in [0.15, 0.2) is 0 Å². The average Bonchev–Trinajstić information content (AvgIpc) is 2.47. The Labute approximate surface area is 125 Å². The SMILES string of the molecule is COCCN(CCOC)C(=O)C1(C(N)=S)CCOCC1. The maximum Gasteiger partial charge on any atom is 0.235 e. The molecule has 0 radical (unpaired) electrons. The predicted molar refractivity (Wildman–Crippen MR) is 79.6 cm³/mol. The van der Waals surface area contributed by atoms with E-state index in [1.54, 1.807) is 19.1 Å². The van der Waals surface area contributed by atoms with Gasteiger partial charge in [-0.05, 0) is 12.8 Å². The lowest BCUT2D eigenvalue weighted by Crippen LogP contribution is -2.54. The third-order valence-corrected chi connectivity index (χ3v) is 4.04. The first kappa shape index (κ1) is 17.3. The van der Waals surface area contributed by atoms with Crippen molar-refractivity contribution in [2.75, 3.05) is 53.7 Å². The van der Waals surface area contributed by atoms with Crippen molar-refractivity contribution in [3.05, 3.63) is 0 Å². The minimum Gasteiger partial charge on any atom is -0.392 e. The molecule has 7 heteroatoms. The lowest BCUT2D eigenvalue weighted by atomic mass is 9.78. The smallest absolute Gasteiger partial charge is 0.235 e. The van der Waals surface area contributed by atoms with E-state index in [0.29, 0.717) is 52.4 Å². The molecule has 0 bridgehead atoms. The molecule has 1 heterocycles. The number of amides is 1. The van der Waals surface area contributed by atoms with Crippen LogP contribution < -0.4 is 5.73 Å². The van der Waals surface area contributed by atoms with E-state index < -0.39 is 5.41 Å². The highest BCUT2D eigenvalue weighted by Gasteiger charge is 2.45. The number of carbonyl (C=O) groups is 1. The molecule has 1 amide bonds. The van der Waals surface area contributed by atoms with Gasteiger partial charge in [-0.15, -0.1) is 0 Å². The molecule has 1 aliphatic rings. The predicted octanol–water partition coefficient (Wildman–Crippen LogP) is 0.191. The third kappa shape index (κ3) is 4.12. The second-order valence-corrected chi connectivity index (χ2v) is 5.28. The van der Waals surface area contributed by atoms with Crippen LogP contribution in [0.3, 0.4) is 0 Å². The van der Waals surface area contributed by atoms with Crippen LogP contribution in [-0.4, -0.2) is 69.5 Å². The van der Waals surface area contributed by atoms with Crippen molar-refractivity contribution in [2.24, 2.45) is 11.1 Å². The molecule has 0 aromatic rings. The molecule has 0 atom stereocenters. The largest absolute Gasteiger partial charge is 0.392 e. The molecule has 0 saturated carbocycles. The van der Waals surface area contributed by atoms with Crippen molar-refractivity contribution in [2.45, 2.75) is 12.8 Å². The summed E-state index contributed by atoms with van der Waals surface area (Å²) in [7, 11) is 3.22. The first-order chi connectivity index (χ1) is 9.58. The lowest BCUT2D eigenvalue weighted by Gasteiger charge is -2.38. The number of rotatable bonds is 8. The molecule has 2 N–H and O–H groups in total. The van der Waals surface area contributed by atoms with E-state index in [1.807, 2.05) is 0 Å². The Morgan fingerprint density at radius 3 is 2.15 bits per heavy atom. The maximum absolute atomic E-state index is 12.9. The van der Waals surface area contributed by atoms with Crippen LogP contribution in [0.15, 0.2) is 0 Å². The van der Waals surface area contributed by atoms with E-state index in [2.05, 4.69) is 0 Å². The van der Waals surface area contributed by atoms with Gasteiger partial charge in [0.2, 0.25) is 5.91 Å². The normalized spacial score (nSPS) is 17.7. The zero-order valence-electron chi connectivity index (χ0n) is 12.2. The Bertz CT molecular complexity index is 324. The second-order valence-electron chi connectivity index (χ2n) is 4.84. The molecule has 0 spiro atoms. The van der Waals surface area contributed by atoms with E-state index >= 15 is 0 Å². The van der Waals surface area contributed by atoms with Gasteiger partial charge in [0, 0.05) is 40.5 Å². The monoisotopic (exact) mass is 304 g/mol. The molecule has 1 rings (SSSR count). The summed E-state index contributed by atoms with van der Waals surface area (Å²) >= 11 is 5.16. The molecular weight excluding hydrogens is 280 g/mol. The van der Waals surface area contributed by atoms with Crippen LogP contribution in [-0.2, 0) is 19.0 Å². The number of nitrogens with two attached hydrogens (primary N) is 1. The molecule has 0 aliphatic carbocycles.